The molecule has 1 aliphatic rings. The van der Waals surface area contributed by atoms with E-state index in [9.17, 15) is 5.11 Å². The van der Waals surface area contributed by atoms with Gasteiger partial charge in [0.1, 0.15) is 5.75 Å². The largest absolute Gasteiger partial charge is 0.508 e. The molecule has 4 heteroatoms. The Bertz CT molecular complexity index is 548. The van der Waals surface area contributed by atoms with Crippen LogP contribution in [0.25, 0.3) is 11.5 Å². The highest BCUT2D eigenvalue weighted by Crippen LogP contribution is 2.38. The smallest absolute Gasteiger partial charge is 0.257 e. The van der Waals surface area contributed by atoms with Gasteiger partial charge in [0.25, 0.3) is 5.89 Å². The third kappa shape index (κ3) is 2.48. The van der Waals surface area contributed by atoms with Crippen LogP contribution in [0.1, 0.15) is 44.3 Å². The standard InChI is InChI=1S/C15H18N2O2/c1-2-10-3-4-12(9-10)14-16-15(19-17-14)11-5-7-13(18)8-6-11/h5-8,10,12,18H,2-4,9H2,1H3. The summed E-state index contributed by atoms with van der Waals surface area (Å²) in [6, 6.07) is 6.83. The lowest BCUT2D eigenvalue weighted by Crippen LogP contribution is -1.97. The summed E-state index contributed by atoms with van der Waals surface area (Å²) in [5.41, 5.74) is 0.849. The third-order valence-electron chi connectivity index (χ3n) is 4.04. The molecule has 1 heterocycles. The van der Waals surface area contributed by atoms with Gasteiger partial charge < -0.3 is 9.63 Å². The molecule has 2 aromatic rings. The van der Waals surface area contributed by atoms with E-state index in [1.165, 1.54) is 19.3 Å². The summed E-state index contributed by atoms with van der Waals surface area (Å²) in [7, 11) is 0. The van der Waals surface area contributed by atoms with Crippen LogP contribution in [0.2, 0.25) is 0 Å². The van der Waals surface area contributed by atoms with Crippen molar-refractivity contribution < 1.29 is 9.63 Å². The molecule has 0 saturated heterocycles. The maximum atomic E-state index is 9.27. The number of aromatic nitrogens is 2. The Hall–Kier alpha value is -1.84. The molecular formula is C15H18N2O2. The van der Waals surface area contributed by atoms with Crippen LogP contribution < -0.4 is 0 Å². The first-order chi connectivity index (χ1) is 9.26. The number of aromatic hydroxyl groups is 1. The molecular weight excluding hydrogens is 240 g/mol. The van der Waals surface area contributed by atoms with Crippen molar-refractivity contribution in [2.75, 3.05) is 0 Å². The van der Waals surface area contributed by atoms with Crippen molar-refractivity contribution in [3.05, 3.63) is 30.1 Å². The van der Waals surface area contributed by atoms with Crippen molar-refractivity contribution in [3.8, 4) is 17.2 Å². The highest BCUT2D eigenvalue weighted by atomic mass is 16.5. The van der Waals surface area contributed by atoms with E-state index >= 15 is 0 Å². The summed E-state index contributed by atoms with van der Waals surface area (Å²) in [4.78, 5) is 4.50. The van der Waals surface area contributed by atoms with E-state index < -0.39 is 0 Å². The number of rotatable bonds is 3. The summed E-state index contributed by atoms with van der Waals surface area (Å²) >= 11 is 0. The summed E-state index contributed by atoms with van der Waals surface area (Å²) in [5.74, 6) is 2.86. The molecule has 19 heavy (non-hydrogen) atoms. The lowest BCUT2D eigenvalue weighted by Gasteiger charge is -2.04. The second kappa shape index (κ2) is 5.03. The Kier molecular flexibility index (Phi) is 3.23. The molecule has 0 aliphatic heterocycles. The molecule has 1 N–H and O–H groups in total. The minimum Gasteiger partial charge on any atom is -0.508 e. The van der Waals surface area contributed by atoms with Gasteiger partial charge in [0, 0.05) is 11.5 Å². The van der Waals surface area contributed by atoms with Crippen LogP contribution in [-0.2, 0) is 0 Å². The fourth-order valence-electron chi connectivity index (χ4n) is 2.80. The Morgan fingerprint density at radius 1 is 1.26 bits per heavy atom. The van der Waals surface area contributed by atoms with Gasteiger partial charge in [-0.3, -0.25) is 0 Å². The van der Waals surface area contributed by atoms with Crippen LogP contribution in [0, 0.1) is 5.92 Å². The summed E-state index contributed by atoms with van der Waals surface area (Å²) in [6.45, 7) is 2.24. The van der Waals surface area contributed by atoms with E-state index in [0.29, 0.717) is 11.8 Å². The van der Waals surface area contributed by atoms with E-state index in [2.05, 4.69) is 17.1 Å². The number of hydrogen-bond acceptors (Lipinski definition) is 4. The molecule has 0 spiro atoms. The lowest BCUT2D eigenvalue weighted by molar-refractivity contribution is 0.413. The molecule has 0 amide bonds. The molecule has 1 fully saturated rings. The number of nitrogens with zero attached hydrogens (tertiary/aromatic N) is 2. The Labute approximate surface area is 112 Å². The SMILES string of the molecule is CCC1CCC(c2noc(-c3ccc(O)cc3)n2)C1. The van der Waals surface area contributed by atoms with Gasteiger partial charge in [0.2, 0.25) is 0 Å². The first-order valence-electron chi connectivity index (χ1n) is 6.89. The van der Waals surface area contributed by atoms with Crippen LogP contribution in [0.4, 0.5) is 0 Å². The van der Waals surface area contributed by atoms with Crippen LogP contribution in [0.3, 0.4) is 0 Å². The highest BCUT2D eigenvalue weighted by Gasteiger charge is 2.28. The number of phenolic OH excluding ortho intramolecular Hbond substituents is 1. The lowest BCUT2D eigenvalue weighted by atomic mass is 10.0. The zero-order valence-corrected chi connectivity index (χ0v) is 11.0. The summed E-state index contributed by atoms with van der Waals surface area (Å²) in [6.07, 6.45) is 4.83. The molecule has 2 unspecified atom stereocenters. The zero-order chi connectivity index (χ0) is 13.2. The van der Waals surface area contributed by atoms with Crippen LogP contribution in [-0.4, -0.2) is 15.2 Å². The van der Waals surface area contributed by atoms with E-state index in [1.54, 1.807) is 24.3 Å². The first kappa shape index (κ1) is 12.2. The molecule has 1 aromatic carbocycles. The second-order valence-corrected chi connectivity index (χ2v) is 5.29. The van der Waals surface area contributed by atoms with Crippen molar-refractivity contribution >= 4 is 0 Å². The van der Waals surface area contributed by atoms with Crippen LogP contribution >= 0.6 is 0 Å². The molecule has 1 aromatic heterocycles. The average Bonchev–Trinajstić information content (AvgIpc) is 3.08. The number of phenols is 1. The molecule has 2 atom stereocenters. The molecule has 0 bridgehead atoms. The van der Waals surface area contributed by atoms with Crippen molar-refractivity contribution in [1.29, 1.82) is 0 Å². The first-order valence-corrected chi connectivity index (χ1v) is 6.89. The highest BCUT2D eigenvalue weighted by molar-refractivity contribution is 5.54. The fourth-order valence-corrected chi connectivity index (χ4v) is 2.80. The van der Waals surface area contributed by atoms with Crippen LogP contribution in [0.15, 0.2) is 28.8 Å². The van der Waals surface area contributed by atoms with E-state index in [0.717, 1.165) is 23.7 Å². The number of benzene rings is 1. The van der Waals surface area contributed by atoms with Gasteiger partial charge >= 0.3 is 0 Å². The van der Waals surface area contributed by atoms with Crippen molar-refractivity contribution in [2.45, 2.75) is 38.5 Å². The normalized spacial score (nSPS) is 22.8. The van der Waals surface area contributed by atoms with Gasteiger partial charge in [-0.15, -0.1) is 0 Å². The maximum absolute atomic E-state index is 9.27. The Morgan fingerprint density at radius 2 is 2.05 bits per heavy atom. The Balaban J connectivity index is 1.78. The van der Waals surface area contributed by atoms with Crippen LogP contribution in [0.5, 0.6) is 5.75 Å². The molecule has 1 saturated carbocycles. The van der Waals surface area contributed by atoms with E-state index in [4.69, 9.17) is 4.52 Å². The molecule has 4 nitrogen and oxygen atoms in total. The monoisotopic (exact) mass is 258 g/mol. The molecule has 1 aliphatic carbocycles. The minimum atomic E-state index is 0.241. The van der Waals surface area contributed by atoms with Crippen molar-refractivity contribution in [2.24, 2.45) is 5.92 Å². The van der Waals surface area contributed by atoms with Gasteiger partial charge in [-0.05, 0) is 49.4 Å². The third-order valence-corrected chi connectivity index (χ3v) is 4.04. The minimum absolute atomic E-state index is 0.241. The van der Waals surface area contributed by atoms with Crippen molar-refractivity contribution in [3.63, 3.8) is 0 Å². The quantitative estimate of drug-likeness (QED) is 0.911. The van der Waals surface area contributed by atoms with E-state index in [1.807, 2.05) is 0 Å². The van der Waals surface area contributed by atoms with Gasteiger partial charge in [0.05, 0.1) is 0 Å². The Morgan fingerprint density at radius 3 is 2.74 bits per heavy atom. The molecule has 3 rings (SSSR count). The maximum Gasteiger partial charge on any atom is 0.257 e. The van der Waals surface area contributed by atoms with Crippen molar-refractivity contribution in [1.82, 2.24) is 10.1 Å². The zero-order valence-electron chi connectivity index (χ0n) is 11.0. The predicted octanol–water partition coefficient (Wildman–Crippen LogP) is 3.74. The molecule has 0 radical (unpaired) electrons. The summed E-state index contributed by atoms with van der Waals surface area (Å²) < 4.78 is 5.33. The topological polar surface area (TPSA) is 59.2 Å². The van der Waals surface area contributed by atoms with E-state index in [-0.39, 0.29) is 5.75 Å². The average molecular weight is 258 g/mol. The predicted molar refractivity (Wildman–Crippen MR) is 71.8 cm³/mol. The molecule has 100 valence electrons. The van der Waals surface area contributed by atoms with Gasteiger partial charge in [-0.2, -0.15) is 4.98 Å². The van der Waals surface area contributed by atoms with Gasteiger partial charge in [-0.25, -0.2) is 0 Å². The summed E-state index contributed by atoms with van der Waals surface area (Å²) in [5, 5.41) is 13.4. The number of hydrogen-bond donors (Lipinski definition) is 1. The fraction of sp³-hybridized carbons (Fsp3) is 0.467. The van der Waals surface area contributed by atoms with Gasteiger partial charge in [0.15, 0.2) is 5.82 Å². The second-order valence-electron chi connectivity index (χ2n) is 5.29. The van der Waals surface area contributed by atoms with Gasteiger partial charge in [-0.1, -0.05) is 18.5 Å².